The Hall–Kier alpha value is -1.92. The lowest BCUT2D eigenvalue weighted by molar-refractivity contribution is -0.129. The van der Waals surface area contributed by atoms with Gasteiger partial charge in [-0.3, -0.25) is 4.79 Å². The third-order valence-corrected chi connectivity index (χ3v) is 3.85. The van der Waals surface area contributed by atoms with Gasteiger partial charge in [-0.2, -0.15) is 10.1 Å². The molecule has 2 rings (SSSR count). The van der Waals surface area contributed by atoms with E-state index in [1.54, 1.807) is 13.1 Å². The van der Waals surface area contributed by atoms with Gasteiger partial charge in [-0.1, -0.05) is 13.8 Å². The van der Waals surface area contributed by atoms with E-state index in [2.05, 4.69) is 38.8 Å². The minimum absolute atomic E-state index is 0.137. The fourth-order valence-electron chi connectivity index (χ4n) is 2.67. The lowest BCUT2D eigenvalue weighted by atomic mass is 10.3. The Balaban J connectivity index is 2.06. The van der Waals surface area contributed by atoms with Crippen molar-refractivity contribution in [2.75, 3.05) is 49.1 Å². The number of carbonyl (C=O) groups excluding carboxylic acids is 1. The normalized spacial score (nSPS) is 15.0. The molecular formula is C15H26N6O. The van der Waals surface area contributed by atoms with Crippen molar-refractivity contribution in [1.82, 2.24) is 20.1 Å². The Bertz CT molecular complexity index is 481. The van der Waals surface area contributed by atoms with Crippen molar-refractivity contribution in [3.63, 3.8) is 0 Å². The smallest absolute Gasteiger partial charge is 0.247 e. The van der Waals surface area contributed by atoms with Crippen LogP contribution >= 0.6 is 0 Å². The van der Waals surface area contributed by atoms with Crippen molar-refractivity contribution < 1.29 is 4.79 Å². The Morgan fingerprint density at radius 2 is 1.82 bits per heavy atom. The minimum Gasteiger partial charge on any atom is -0.352 e. The molecule has 0 spiro atoms. The van der Waals surface area contributed by atoms with Crippen molar-refractivity contribution in [2.45, 2.75) is 33.6 Å². The predicted octanol–water partition coefficient (Wildman–Crippen LogP) is 1.17. The molecule has 0 unspecified atom stereocenters. The van der Waals surface area contributed by atoms with Gasteiger partial charge in [0.2, 0.25) is 11.9 Å². The summed E-state index contributed by atoms with van der Waals surface area (Å²) in [6.07, 6.45) is 3.83. The molecule has 1 aliphatic heterocycles. The van der Waals surface area contributed by atoms with Gasteiger partial charge in [-0.15, -0.1) is 5.10 Å². The van der Waals surface area contributed by atoms with Crippen molar-refractivity contribution in [2.24, 2.45) is 0 Å². The summed E-state index contributed by atoms with van der Waals surface area (Å²) in [5.41, 5.74) is 0. The fraction of sp³-hybridized carbons (Fsp3) is 0.733. The first-order valence-electron chi connectivity index (χ1n) is 8.10. The van der Waals surface area contributed by atoms with E-state index in [1.165, 1.54) is 0 Å². The van der Waals surface area contributed by atoms with E-state index in [1.807, 2.05) is 4.90 Å². The van der Waals surface area contributed by atoms with Crippen molar-refractivity contribution in [1.29, 1.82) is 0 Å². The van der Waals surface area contributed by atoms with Crippen LogP contribution in [0.4, 0.5) is 11.8 Å². The zero-order chi connectivity index (χ0) is 15.9. The van der Waals surface area contributed by atoms with Crippen LogP contribution in [0.2, 0.25) is 0 Å². The number of anilines is 2. The number of nitrogens with zero attached hydrogens (tertiary/aromatic N) is 6. The minimum atomic E-state index is 0.137. The van der Waals surface area contributed by atoms with Crippen LogP contribution in [0.5, 0.6) is 0 Å². The molecule has 7 heteroatoms. The number of hydrogen-bond donors (Lipinski definition) is 0. The van der Waals surface area contributed by atoms with Crippen molar-refractivity contribution in [3.05, 3.63) is 6.20 Å². The number of rotatable bonds is 6. The van der Waals surface area contributed by atoms with Crippen molar-refractivity contribution >= 4 is 17.7 Å². The lowest BCUT2D eigenvalue weighted by Gasteiger charge is -2.35. The van der Waals surface area contributed by atoms with Crippen LogP contribution in [0.1, 0.15) is 33.6 Å². The second kappa shape index (κ2) is 7.91. The molecule has 0 saturated carbocycles. The molecule has 22 heavy (non-hydrogen) atoms. The van der Waals surface area contributed by atoms with Gasteiger partial charge in [-0.25, -0.2) is 0 Å². The Morgan fingerprint density at radius 3 is 2.36 bits per heavy atom. The number of aromatic nitrogens is 3. The molecule has 2 heterocycles. The summed E-state index contributed by atoms with van der Waals surface area (Å²) in [6, 6.07) is 0. The SMILES string of the molecule is CCCN(CCC)c1nncc(N2CCN(C(C)=O)CC2)n1. The predicted molar refractivity (Wildman–Crippen MR) is 87.1 cm³/mol. The van der Waals surface area contributed by atoms with E-state index in [0.717, 1.165) is 57.9 Å². The zero-order valence-corrected chi connectivity index (χ0v) is 13.8. The molecule has 1 saturated heterocycles. The molecule has 1 aromatic rings. The molecule has 0 aromatic carbocycles. The molecule has 0 atom stereocenters. The van der Waals surface area contributed by atoms with E-state index in [-0.39, 0.29) is 5.91 Å². The topological polar surface area (TPSA) is 65.5 Å². The summed E-state index contributed by atoms with van der Waals surface area (Å²) in [6.45, 7) is 10.9. The van der Waals surface area contributed by atoms with Gasteiger partial charge in [0.05, 0.1) is 6.20 Å². The average molecular weight is 306 g/mol. The maximum atomic E-state index is 11.4. The molecule has 1 fully saturated rings. The maximum absolute atomic E-state index is 11.4. The Kier molecular flexibility index (Phi) is 5.91. The molecule has 0 bridgehead atoms. The Labute approximate surface area is 132 Å². The van der Waals surface area contributed by atoms with Crippen LogP contribution in [0.25, 0.3) is 0 Å². The zero-order valence-electron chi connectivity index (χ0n) is 13.8. The van der Waals surface area contributed by atoms with Gasteiger partial charge in [-0.05, 0) is 12.8 Å². The van der Waals surface area contributed by atoms with Gasteiger partial charge in [0.1, 0.15) is 0 Å². The largest absolute Gasteiger partial charge is 0.352 e. The highest BCUT2D eigenvalue weighted by molar-refractivity contribution is 5.73. The second-order valence-corrected chi connectivity index (χ2v) is 5.59. The first kappa shape index (κ1) is 16.5. The lowest BCUT2D eigenvalue weighted by Crippen LogP contribution is -2.48. The monoisotopic (exact) mass is 306 g/mol. The van der Waals surface area contributed by atoms with Crippen LogP contribution in [-0.2, 0) is 4.79 Å². The third-order valence-electron chi connectivity index (χ3n) is 3.85. The van der Waals surface area contributed by atoms with Crippen LogP contribution in [-0.4, -0.2) is 65.3 Å². The van der Waals surface area contributed by atoms with E-state index in [9.17, 15) is 4.79 Å². The highest BCUT2D eigenvalue weighted by atomic mass is 16.2. The number of amides is 1. The molecule has 0 N–H and O–H groups in total. The highest BCUT2D eigenvalue weighted by Gasteiger charge is 2.20. The molecule has 7 nitrogen and oxygen atoms in total. The van der Waals surface area contributed by atoms with E-state index < -0.39 is 0 Å². The number of hydrogen-bond acceptors (Lipinski definition) is 6. The van der Waals surface area contributed by atoms with Gasteiger partial charge in [0.25, 0.3) is 0 Å². The fourth-order valence-corrected chi connectivity index (χ4v) is 2.67. The molecule has 122 valence electrons. The summed E-state index contributed by atoms with van der Waals surface area (Å²) in [5.74, 6) is 1.69. The molecule has 1 aromatic heterocycles. The summed E-state index contributed by atoms with van der Waals surface area (Å²) in [4.78, 5) is 22.3. The van der Waals surface area contributed by atoms with Gasteiger partial charge >= 0.3 is 0 Å². The summed E-state index contributed by atoms with van der Waals surface area (Å²) in [7, 11) is 0. The van der Waals surface area contributed by atoms with Gasteiger partial charge in [0, 0.05) is 46.2 Å². The van der Waals surface area contributed by atoms with E-state index >= 15 is 0 Å². The second-order valence-electron chi connectivity index (χ2n) is 5.59. The number of piperazine rings is 1. The highest BCUT2D eigenvalue weighted by Crippen LogP contribution is 2.16. The molecule has 1 amide bonds. The molecule has 1 aliphatic rings. The first-order valence-corrected chi connectivity index (χ1v) is 8.10. The standard InChI is InChI=1S/C15H26N6O/c1-4-6-21(7-5-2)15-17-14(12-16-18-15)20-10-8-19(9-11-20)13(3)22/h12H,4-11H2,1-3H3. The Morgan fingerprint density at radius 1 is 1.18 bits per heavy atom. The van der Waals surface area contributed by atoms with E-state index in [0.29, 0.717) is 5.95 Å². The van der Waals surface area contributed by atoms with Crippen LogP contribution < -0.4 is 9.80 Å². The summed E-state index contributed by atoms with van der Waals surface area (Å²) >= 11 is 0. The van der Waals surface area contributed by atoms with Gasteiger partial charge < -0.3 is 14.7 Å². The first-order chi connectivity index (χ1) is 10.7. The van der Waals surface area contributed by atoms with Crippen LogP contribution in [0, 0.1) is 0 Å². The summed E-state index contributed by atoms with van der Waals surface area (Å²) < 4.78 is 0. The van der Waals surface area contributed by atoms with Crippen molar-refractivity contribution in [3.8, 4) is 0 Å². The summed E-state index contributed by atoms with van der Waals surface area (Å²) in [5, 5.41) is 8.31. The van der Waals surface area contributed by atoms with E-state index in [4.69, 9.17) is 0 Å². The van der Waals surface area contributed by atoms with Crippen LogP contribution in [0.3, 0.4) is 0 Å². The van der Waals surface area contributed by atoms with Gasteiger partial charge in [0.15, 0.2) is 5.82 Å². The molecule has 0 aliphatic carbocycles. The number of carbonyl (C=O) groups is 1. The third kappa shape index (κ3) is 4.05. The van der Waals surface area contributed by atoms with Crippen LogP contribution in [0.15, 0.2) is 6.20 Å². The quantitative estimate of drug-likeness (QED) is 0.786. The maximum Gasteiger partial charge on any atom is 0.247 e. The average Bonchev–Trinajstić information content (AvgIpc) is 2.55. The molecular weight excluding hydrogens is 280 g/mol. The molecule has 0 radical (unpaired) electrons.